The van der Waals surface area contributed by atoms with Gasteiger partial charge in [-0.25, -0.2) is 4.98 Å². The molecular formula is C29H22BrN5O2S. The van der Waals surface area contributed by atoms with E-state index in [0.29, 0.717) is 22.9 Å². The van der Waals surface area contributed by atoms with Gasteiger partial charge in [-0.3, -0.25) is 9.78 Å². The van der Waals surface area contributed by atoms with Crippen LogP contribution in [0.4, 0.5) is 11.5 Å². The number of fused-ring (bicyclic) bond motifs is 2. The van der Waals surface area contributed by atoms with E-state index < -0.39 is 0 Å². The van der Waals surface area contributed by atoms with Crippen molar-refractivity contribution in [1.82, 2.24) is 14.5 Å². The summed E-state index contributed by atoms with van der Waals surface area (Å²) in [7, 11) is 3.46. The van der Waals surface area contributed by atoms with Crippen molar-refractivity contribution in [2.45, 2.75) is 0 Å². The molecule has 3 N–H and O–H groups in total. The standard InChI is InChI=1S/C29H22BrN5O2S/c1-35-22-8-4-3-7-18(22)25(30)26(35)29(36)34-21-10-9-16(12-23(21)37-2)20-15-38-27-19(14-33-28(31)24(20)27)17-6-5-11-32-13-17/h3-15H,1-2H3,(H2,31,33)(H,34,36). The quantitative estimate of drug-likeness (QED) is 0.225. The van der Waals surface area contributed by atoms with Crippen molar-refractivity contribution >= 4 is 65.7 Å². The highest BCUT2D eigenvalue weighted by molar-refractivity contribution is 9.10. The van der Waals surface area contributed by atoms with Gasteiger partial charge in [0.25, 0.3) is 5.91 Å². The number of thiophene rings is 1. The van der Waals surface area contributed by atoms with E-state index in [1.54, 1.807) is 30.8 Å². The van der Waals surface area contributed by atoms with E-state index in [1.807, 2.05) is 72.4 Å². The molecule has 4 heterocycles. The lowest BCUT2D eigenvalue weighted by atomic mass is 10.0. The zero-order chi connectivity index (χ0) is 26.4. The van der Waals surface area contributed by atoms with Gasteiger partial charge in [0.05, 0.1) is 17.3 Å². The second kappa shape index (κ2) is 9.59. The molecular weight excluding hydrogens is 562 g/mol. The number of para-hydroxylation sites is 1. The smallest absolute Gasteiger partial charge is 0.273 e. The van der Waals surface area contributed by atoms with Gasteiger partial charge in [-0.1, -0.05) is 30.3 Å². The van der Waals surface area contributed by atoms with E-state index in [1.165, 1.54) is 0 Å². The Kier molecular flexibility index (Phi) is 6.09. The van der Waals surface area contributed by atoms with Crippen molar-refractivity contribution < 1.29 is 9.53 Å². The number of ether oxygens (including phenoxy) is 1. The number of nitrogens with one attached hydrogen (secondary N) is 1. The number of aryl methyl sites for hydroxylation is 1. The fourth-order valence-corrected chi connectivity index (χ4v) is 6.65. The molecule has 7 nitrogen and oxygen atoms in total. The normalized spacial score (nSPS) is 11.2. The van der Waals surface area contributed by atoms with Gasteiger partial charge < -0.3 is 20.4 Å². The van der Waals surface area contributed by atoms with Crippen LogP contribution in [-0.2, 0) is 7.05 Å². The van der Waals surface area contributed by atoms with E-state index in [2.05, 4.69) is 36.6 Å². The number of hydrogen-bond acceptors (Lipinski definition) is 6. The number of methoxy groups -OCH3 is 1. The Hall–Kier alpha value is -4.21. The molecule has 188 valence electrons. The summed E-state index contributed by atoms with van der Waals surface area (Å²) in [5, 5.41) is 6.95. The van der Waals surface area contributed by atoms with Crippen LogP contribution in [-0.4, -0.2) is 27.6 Å². The van der Waals surface area contributed by atoms with E-state index in [-0.39, 0.29) is 5.91 Å². The maximum absolute atomic E-state index is 13.4. The number of hydrogen-bond donors (Lipinski definition) is 2. The molecule has 0 fully saturated rings. The van der Waals surface area contributed by atoms with Crippen molar-refractivity contribution in [1.29, 1.82) is 0 Å². The topological polar surface area (TPSA) is 95.1 Å². The molecule has 0 bridgehead atoms. The summed E-state index contributed by atoms with van der Waals surface area (Å²) in [5.74, 6) is 0.762. The van der Waals surface area contributed by atoms with Gasteiger partial charge in [0.1, 0.15) is 17.3 Å². The monoisotopic (exact) mass is 583 g/mol. The van der Waals surface area contributed by atoms with Crippen molar-refractivity contribution in [2.24, 2.45) is 7.05 Å². The van der Waals surface area contributed by atoms with Crippen LogP contribution < -0.4 is 15.8 Å². The molecule has 0 aliphatic heterocycles. The zero-order valence-electron chi connectivity index (χ0n) is 20.5. The van der Waals surface area contributed by atoms with Crippen LogP contribution in [0.5, 0.6) is 5.75 Å². The molecule has 0 spiro atoms. The second-order valence-electron chi connectivity index (χ2n) is 8.76. The number of halogens is 1. The first kappa shape index (κ1) is 24.1. The molecule has 6 rings (SSSR count). The first-order valence-electron chi connectivity index (χ1n) is 11.8. The van der Waals surface area contributed by atoms with Crippen LogP contribution in [0.3, 0.4) is 0 Å². The number of aromatic nitrogens is 3. The van der Waals surface area contributed by atoms with E-state index in [9.17, 15) is 4.79 Å². The van der Waals surface area contributed by atoms with Gasteiger partial charge in [0, 0.05) is 63.3 Å². The van der Waals surface area contributed by atoms with Crippen LogP contribution in [0.2, 0.25) is 0 Å². The van der Waals surface area contributed by atoms with Crippen molar-refractivity contribution in [2.75, 3.05) is 18.2 Å². The molecule has 0 atom stereocenters. The maximum atomic E-state index is 13.4. The predicted octanol–water partition coefficient (Wildman–Crippen LogP) is 7.12. The Morgan fingerprint density at radius 3 is 2.68 bits per heavy atom. The molecule has 9 heteroatoms. The molecule has 0 saturated heterocycles. The van der Waals surface area contributed by atoms with Crippen LogP contribution in [0.15, 0.2) is 83.0 Å². The number of carbonyl (C=O) groups excluding carboxylic acids is 1. The minimum Gasteiger partial charge on any atom is -0.495 e. The highest BCUT2D eigenvalue weighted by Crippen LogP contribution is 2.43. The van der Waals surface area contributed by atoms with E-state index in [0.717, 1.165) is 47.7 Å². The molecule has 38 heavy (non-hydrogen) atoms. The Balaban J connectivity index is 1.38. The fourth-order valence-electron chi connectivity index (χ4n) is 4.75. The first-order valence-corrected chi connectivity index (χ1v) is 13.4. The largest absolute Gasteiger partial charge is 0.495 e. The number of amides is 1. The number of pyridine rings is 2. The molecule has 2 aromatic carbocycles. The summed E-state index contributed by atoms with van der Waals surface area (Å²) in [4.78, 5) is 22.1. The van der Waals surface area contributed by atoms with Crippen molar-refractivity contribution in [3.8, 4) is 28.0 Å². The van der Waals surface area contributed by atoms with Gasteiger partial charge >= 0.3 is 0 Å². The number of nitrogen functional groups attached to an aromatic ring is 1. The molecule has 0 aliphatic rings. The van der Waals surface area contributed by atoms with Gasteiger partial charge in [-0.05, 0) is 51.1 Å². The number of nitrogens with two attached hydrogens (primary N) is 1. The lowest BCUT2D eigenvalue weighted by Crippen LogP contribution is -2.16. The minimum absolute atomic E-state index is 0.239. The summed E-state index contributed by atoms with van der Waals surface area (Å²) in [6, 6.07) is 17.5. The summed E-state index contributed by atoms with van der Waals surface area (Å²) in [5.41, 5.74) is 12.3. The molecule has 0 radical (unpaired) electrons. The first-order chi connectivity index (χ1) is 18.5. The summed E-state index contributed by atoms with van der Waals surface area (Å²) in [6.07, 6.45) is 5.36. The lowest BCUT2D eigenvalue weighted by molar-refractivity contribution is 0.101. The maximum Gasteiger partial charge on any atom is 0.273 e. The van der Waals surface area contributed by atoms with Crippen molar-refractivity contribution in [3.05, 3.63) is 88.7 Å². The summed E-state index contributed by atoms with van der Waals surface area (Å²) < 4.78 is 9.36. The predicted molar refractivity (Wildman–Crippen MR) is 158 cm³/mol. The third-order valence-corrected chi connectivity index (χ3v) is 8.43. The number of benzene rings is 2. The second-order valence-corrected chi connectivity index (χ2v) is 10.4. The van der Waals surface area contributed by atoms with Crippen LogP contribution in [0.1, 0.15) is 10.5 Å². The fraction of sp³-hybridized carbons (Fsp3) is 0.0690. The van der Waals surface area contributed by atoms with E-state index >= 15 is 0 Å². The highest BCUT2D eigenvalue weighted by atomic mass is 79.9. The molecule has 0 unspecified atom stereocenters. The highest BCUT2D eigenvalue weighted by Gasteiger charge is 2.21. The SMILES string of the molecule is COc1cc(-c2csc3c(-c4cccnc4)cnc(N)c23)ccc1NC(=O)c1c(Br)c2ccccc2n1C. The Labute approximate surface area is 231 Å². The Bertz CT molecular complexity index is 1810. The average molecular weight is 584 g/mol. The zero-order valence-corrected chi connectivity index (χ0v) is 22.9. The van der Waals surface area contributed by atoms with Crippen LogP contribution in [0.25, 0.3) is 43.2 Å². The van der Waals surface area contributed by atoms with Crippen LogP contribution in [0, 0.1) is 0 Å². The summed E-state index contributed by atoms with van der Waals surface area (Å²) in [6.45, 7) is 0. The molecule has 0 aliphatic carbocycles. The van der Waals surface area contributed by atoms with E-state index in [4.69, 9.17) is 10.5 Å². The van der Waals surface area contributed by atoms with Gasteiger partial charge in [0.15, 0.2) is 0 Å². The minimum atomic E-state index is -0.239. The van der Waals surface area contributed by atoms with Crippen LogP contribution >= 0.6 is 27.3 Å². The molecule has 0 saturated carbocycles. The molecule has 6 aromatic rings. The Morgan fingerprint density at radius 2 is 1.92 bits per heavy atom. The number of carbonyl (C=O) groups is 1. The summed E-state index contributed by atoms with van der Waals surface area (Å²) >= 11 is 5.22. The third kappa shape index (κ3) is 3.91. The third-order valence-electron chi connectivity index (χ3n) is 6.62. The molecule has 1 amide bonds. The number of nitrogens with zero attached hydrogens (tertiary/aromatic N) is 3. The molecule has 4 aromatic heterocycles. The number of rotatable bonds is 5. The van der Waals surface area contributed by atoms with Gasteiger partial charge in [-0.15, -0.1) is 11.3 Å². The Morgan fingerprint density at radius 1 is 1.08 bits per heavy atom. The average Bonchev–Trinajstić information content (AvgIpc) is 3.50. The lowest BCUT2D eigenvalue weighted by Gasteiger charge is -2.13. The number of anilines is 2. The van der Waals surface area contributed by atoms with Gasteiger partial charge in [-0.2, -0.15) is 0 Å². The van der Waals surface area contributed by atoms with Gasteiger partial charge in [0.2, 0.25) is 0 Å². The van der Waals surface area contributed by atoms with Crippen molar-refractivity contribution in [3.63, 3.8) is 0 Å².